The largest absolute Gasteiger partial charge is 0.394 e. The molecule has 18 heavy (non-hydrogen) atoms. The van der Waals surface area contributed by atoms with E-state index in [9.17, 15) is 5.11 Å². The maximum absolute atomic E-state index is 9.67. The van der Waals surface area contributed by atoms with Crippen molar-refractivity contribution in [3.63, 3.8) is 0 Å². The van der Waals surface area contributed by atoms with Gasteiger partial charge >= 0.3 is 0 Å². The standard InChI is InChI=1S/C13H29NO4/c1-11(2)8-12(3)18-10-13(16)9-14-4-6-17-7-5-15/h11-16H,4-10H2,1-3H3/t12-,13-/m1/s1. The molecule has 5 nitrogen and oxygen atoms in total. The molecule has 0 bridgehead atoms. The molecule has 0 aliphatic heterocycles. The molecule has 0 radical (unpaired) electrons. The lowest BCUT2D eigenvalue weighted by atomic mass is 10.1. The maximum atomic E-state index is 9.67. The molecule has 3 N–H and O–H groups in total. The van der Waals surface area contributed by atoms with Gasteiger partial charge in [-0.05, 0) is 19.3 Å². The van der Waals surface area contributed by atoms with Crippen molar-refractivity contribution in [2.75, 3.05) is 39.5 Å². The van der Waals surface area contributed by atoms with Gasteiger partial charge in [-0.15, -0.1) is 0 Å². The SMILES string of the molecule is CC(C)C[C@@H](C)OC[C@H](O)CNCCOCCO. The Bertz CT molecular complexity index is 178. The third kappa shape index (κ3) is 12.3. The first kappa shape index (κ1) is 17.8. The fraction of sp³-hybridized carbons (Fsp3) is 1.00. The zero-order valence-corrected chi connectivity index (χ0v) is 11.9. The highest BCUT2D eigenvalue weighted by atomic mass is 16.5. The van der Waals surface area contributed by atoms with E-state index in [1.165, 1.54) is 0 Å². The van der Waals surface area contributed by atoms with Gasteiger partial charge in [-0.1, -0.05) is 13.8 Å². The molecule has 0 saturated heterocycles. The van der Waals surface area contributed by atoms with Gasteiger partial charge in [0.25, 0.3) is 0 Å². The van der Waals surface area contributed by atoms with Gasteiger partial charge in [0, 0.05) is 13.1 Å². The minimum Gasteiger partial charge on any atom is -0.394 e. The van der Waals surface area contributed by atoms with Crippen molar-refractivity contribution in [1.82, 2.24) is 5.32 Å². The van der Waals surface area contributed by atoms with Gasteiger partial charge in [0.1, 0.15) is 0 Å². The Labute approximate surface area is 110 Å². The first-order valence-corrected chi connectivity index (χ1v) is 6.75. The fourth-order valence-electron chi connectivity index (χ4n) is 1.65. The summed E-state index contributed by atoms with van der Waals surface area (Å²) in [6.07, 6.45) is 0.708. The summed E-state index contributed by atoms with van der Waals surface area (Å²) >= 11 is 0. The van der Waals surface area contributed by atoms with Crippen LogP contribution in [0, 0.1) is 5.92 Å². The molecule has 0 amide bonds. The fourth-order valence-corrected chi connectivity index (χ4v) is 1.65. The van der Waals surface area contributed by atoms with Crippen molar-refractivity contribution in [1.29, 1.82) is 0 Å². The van der Waals surface area contributed by atoms with Gasteiger partial charge in [0.05, 0.1) is 38.6 Å². The van der Waals surface area contributed by atoms with E-state index in [0.717, 1.165) is 6.42 Å². The molecule has 5 heteroatoms. The highest BCUT2D eigenvalue weighted by Gasteiger charge is 2.09. The summed E-state index contributed by atoms with van der Waals surface area (Å²) in [5.41, 5.74) is 0. The minimum atomic E-state index is -0.488. The normalized spacial score (nSPS) is 15.0. The molecule has 2 atom stereocenters. The van der Waals surface area contributed by atoms with Crippen molar-refractivity contribution in [3.05, 3.63) is 0 Å². The van der Waals surface area contributed by atoms with E-state index < -0.39 is 6.10 Å². The molecule has 0 saturated carbocycles. The van der Waals surface area contributed by atoms with E-state index in [-0.39, 0.29) is 12.7 Å². The third-order valence-corrected chi connectivity index (χ3v) is 2.42. The van der Waals surface area contributed by atoms with Crippen molar-refractivity contribution in [2.45, 2.75) is 39.4 Å². The predicted octanol–water partition coefficient (Wildman–Crippen LogP) is 0.397. The maximum Gasteiger partial charge on any atom is 0.0897 e. The molecule has 0 aromatic heterocycles. The Morgan fingerprint density at radius 1 is 1.17 bits per heavy atom. The highest BCUT2D eigenvalue weighted by molar-refractivity contribution is 4.61. The van der Waals surface area contributed by atoms with E-state index in [1.807, 2.05) is 6.92 Å². The summed E-state index contributed by atoms with van der Waals surface area (Å²) in [4.78, 5) is 0. The molecule has 0 fully saturated rings. The molecule has 0 aliphatic carbocycles. The van der Waals surface area contributed by atoms with Crippen LogP contribution in [0.2, 0.25) is 0 Å². The number of hydrogen-bond donors (Lipinski definition) is 3. The number of hydrogen-bond acceptors (Lipinski definition) is 5. The lowest BCUT2D eigenvalue weighted by molar-refractivity contribution is -0.00908. The average Bonchev–Trinajstić information content (AvgIpc) is 2.30. The summed E-state index contributed by atoms with van der Waals surface area (Å²) in [6, 6.07) is 0. The second kappa shape index (κ2) is 11.9. The molecular weight excluding hydrogens is 234 g/mol. The van der Waals surface area contributed by atoms with Crippen LogP contribution in [0.15, 0.2) is 0 Å². The van der Waals surface area contributed by atoms with Crippen molar-refractivity contribution in [2.24, 2.45) is 5.92 Å². The predicted molar refractivity (Wildman–Crippen MR) is 71.7 cm³/mol. The molecule has 0 heterocycles. The van der Waals surface area contributed by atoms with Gasteiger partial charge in [-0.25, -0.2) is 0 Å². The lowest BCUT2D eigenvalue weighted by Gasteiger charge is -2.18. The van der Waals surface area contributed by atoms with E-state index >= 15 is 0 Å². The van der Waals surface area contributed by atoms with Crippen LogP contribution in [0.25, 0.3) is 0 Å². The monoisotopic (exact) mass is 263 g/mol. The Hall–Kier alpha value is -0.200. The molecule has 0 aliphatic rings. The Kier molecular flexibility index (Phi) is 11.7. The van der Waals surface area contributed by atoms with E-state index in [0.29, 0.717) is 38.8 Å². The van der Waals surface area contributed by atoms with Crippen LogP contribution in [0.5, 0.6) is 0 Å². The summed E-state index contributed by atoms with van der Waals surface area (Å²) in [5, 5.41) is 21.2. The number of aliphatic hydroxyl groups is 2. The third-order valence-electron chi connectivity index (χ3n) is 2.42. The molecule has 0 aromatic carbocycles. The molecule has 0 aromatic rings. The number of rotatable bonds is 12. The van der Waals surface area contributed by atoms with E-state index in [1.54, 1.807) is 0 Å². The van der Waals surface area contributed by atoms with Gasteiger partial charge in [-0.3, -0.25) is 0 Å². The van der Waals surface area contributed by atoms with Crippen molar-refractivity contribution < 1.29 is 19.7 Å². The van der Waals surface area contributed by atoms with Gasteiger partial charge in [0.2, 0.25) is 0 Å². The van der Waals surface area contributed by atoms with Gasteiger partial charge in [0.15, 0.2) is 0 Å². The van der Waals surface area contributed by atoms with E-state index in [4.69, 9.17) is 14.6 Å². The molecule has 0 spiro atoms. The number of nitrogens with one attached hydrogen (secondary N) is 1. The Morgan fingerprint density at radius 2 is 1.89 bits per heavy atom. The number of aliphatic hydroxyl groups excluding tert-OH is 2. The zero-order valence-electron chi connectivity index (χ0n) is 11.9. The van der Waals surface area contributed by atoms with Crippen molar-refractivity contribution >= 4 is 0 Å². The van der Waals surface area contributed by atoms with E-state index in [2.05, 4.69) is 19.2 Å². The van der Waals surface area contributed by atoms with Gasteiger partial charge in [-0.2, -0.15) is 0 Å². The molecule has 0 unspecified atom stereocenters. The van der Waals surface area contributed by atoms with Crippen LogP contribution in [0.3, 0.4) is 0 Å². The topological polar surface area (TPSA) is 71.0 Å². The zero-order chi connectivity index (χ0) is 13.8. The van der Waals surface area contributed by atoms with Crippen LogP contribution >= 0.6 is 0 Å². The molecular formula is C13H29NO4. The van der Waals surface area contributed by atoms with Crippen LogP contribution in [-0.2, 0) is 9.47 Å². The first-order valence-electron chi connectivity index (χ1n) is 6.75. The summed E-state index contributed by atoms with van der Waals surface area (Å²) in [6.45, 7) is 8.81. The van der Waals surface area contributed by atoms with Crippen LogP contribution in [0.4, 0.5) is 0 Å². The second-order valence-corrected chi connectivity index (χ2v) is 4.97. The molecule has 0 rings (SSSR count). The Morgan fingerprint density at radius 3 is 2.50 bits per heavy atom. The number of ether oxygens (including phenoxy) is 2. The quantitative estimate of drug-likeness (QED) is 0.445. The van der Waals surface area contributed by atoms with Crippen molar-refractivity contribution in [3.8, 4) is 0 Å². The van der Waals surface area contributed by atoms with Crippen LogP contribution in [-0.4, -0.2) is 61.9 Å². The van der Waals surface area contributed by atoms with Gasteiger partial charge < -0.3 is 25.0 Å². The summed E-state index contributed by atoms with van der Waals surface area (Å²) < 4.78 is 10.6. The van der Waals surface area contributed by atoms with Crippen LogP contribution < -0.4 is 5.32 Å². The first-order chi connectivity index (χ1) is 8.56. The highest BCUT2D eigenvalue weighted by Crippen LogP contribution is 2.07. The second-order valence-electron chi connectivity index (χ2n) is 4.97. The summed E-state index contributed by atoms with van der Waals surface area (Å²) in [5.74, 6) is 0.610. The summed E-state index contributed by atoms with van der Waals surface area (Å²) in [7, 11) is 0. The Balaban J connectivity index is 3.34. The molecule has 110 valence electrons. The van der Waals surface area contributed by atoms with Crippen LogP contribution in [0.1, 0.15) is 27.2 Å². The smallest absolute Gasteiger partial charge is 0.0897 e. The minimum absolute atomic E-state index is 0.0458. The average molecular weight is 263 g/mol. The lowest BCUT2D eigenvalue weighted by Crippen LogP contribution is -2.33.